The summed E-state index contributed by atoms with van der Waals surface area (Å²) in [6.45, 7) is 2.98. The second-order valence-corrected chi connectivity index (χ2v) is 4.78. The molecule has 2 rings (SSSR count). The number of benzene rings is 2. The van der Waals surface area contributed by atoms with Gasteiger partial charge >= 0.3 is 0 Å². The maximum absolute atomic E-state index is 3.27. The Morgan fingerprint density at radius 3 is 1.41 bits per heavy atom. The standard InChI is InChI=1S/C20H20N2/c1(9-15-21-17-19-11-5-3-6-12-19)2-10-16-22-18-20-13-7-4-8-14-20/h3-8,11-14,21-22H,15-18H2. The topological polar surface area (TPSA) is 24.1 Å². The number of nitrogens with one attached hydrogen (secondary N) is 2. The Labute approximate surface area is 133 Å². The van der Waals surface area contributed by atoms with E-state index in [0.717, 1.165) is 13.1 Å². The molecule has 0 heterocycles. The molecule has 0 radical (unpaired) electrons. The third kappa shape index (κ3) is 6.77. The minimum absolute atomic E-state index is 0.654. The Bertz CT molecular complexity index is 593. The minimum Gasteiger partial charge on any atom is -0.302 e. The van der Waals surface area contributed by atoms with Crippen LogP contribution in [0.3, 0.4) is 0 Å². The van der Waals surface area contributed by atoms with Gasteiger partial charge in [0.15, 0.2) is 0 Å². The van der Waals surface area contributed by atoms with Crippen LogP contribution in [0.25, 0.3) is 0 Å². The second-order valence-electron chi connectivity index (χ2n) is 4.78. The van der Waals surface area contributed by atoms with Gasteiger partial charge in [0, 0.05) is 13.1 Å². The van der Waals surface area contributed by atoms with Crippen molar-refractivity contribution in [3.8, 4) is 23.7 Å². The van der Waals surface area contributed by atoms with Gasteiger partial charge in [-0.25, -0.2) is 0 Å². The van der Waals surface area contributed by atoms with Crippen molar-refractivity contribution in [3.63, 3.8) is 0 Å². The van der Waals surface area contributed by atoms with Gasteiger partial charge in [-0.05, 0) is 23.0 Å². The molecule has 0 amide bonds. The zero-order chi connectivity index (χ0) is 15.3. The number of rotatable bonds is 6. The Morgan fingerprint density at radius 2 is 1.00 bits per heavy atom. The molecule has 0 aliphatic carbocycles. The summed E-state index contributed by atoms with van der Waals surface area (Å²) < 4.78 is 0. The van der Waals surface area contributed by atoms with E-state index in [-0.39, 0.29) is 0 Å². The van der Waals surface area contributed by atoms with E-state index >= 15 is 0 Å². The first-order valence-electron chi connectivity index (χ1n) is 7.40. The lowest BCUT2D eigenvalue weighted by Crippen LogP contribution is -2.13. The maximum atomic E-state index is 3.27. The second kappa shape index (κ2) is 10.2. The molecule has 0 unspecified atom stereocenters. The summed E-state index contributed by atoms with van der Waals surface area (Å²) in [5, 5.41) is 6.54. The molecule has 0 saturated heterocycles. The van der Waals surface area contributed by atoms with Crippen molar-refractivity contribution in [2.75, 3.05) is 13.1 Å². The molecule has 2 heteroatoms. The molecule has 2 aromatic rings. The first-order chi connectivity index (χ1) is 10.9. The molecule has 0 spiro atoms. The Morgan fingerprint density at radius 1 is 0.591 bits per heavy atom. The summed E-state index contributed by atoms with van der Waals surface area (Å²) in [6, 6.07) is 20.6. The van der Waals surface area contributed by atoms with Crippen molar-refractivity contribution in [2.45, 2.75) is 13.1 Å². The van der Waals surface area contributed by atoms with Crippen LogP contribution < -0.4 is 10.6 Å². The molecular weight excluding hydrogens is 268 g/mol. The first kappa shape index (κ1) is 15.9. The lowest BCUT2D eigenvalue weighted by atomic mass is 10.2. The summed E-state index contributed by atoms with van der Waals surface area (Å²) in [4.78, 5) is 0. The van der Waals surface area contributed by atoms with Gasteiger partial charge in [0.25, 0.3) is 0 Å². The molecule has 0 aromatic heterocycles. The van der Waals surface area contributed by atoms with Gasteiger partial charge in [-0.2, -0.15) is 0 Å². The summed E-state index contributed by atoms with van der Waals surface area (Å²) in [6.07, 6.45) is 0. The van der Waals surface area contributed by atoms with Gasteiger partial charge in [0.05, 0.1) is 13.1 Å². The van der Waals surface area contributed by atoms with E-state index in [0.29, 0.717) is 13.1 Å². The van der Waals surface area contributed by atoms with Gasteiger partial charge in [0.2, 0.25) is 0 Å². The predicted molar refractivity (Wildman–Crippen MR) is 91.8 cm³/mol. The lowest BCUT2D eigenvalue weighted by molar-refractivity contribution is 0.769. The average Bonchev–Trinajstić information content (AvgIpc) is 2.58. The number of hydrogen-bond acceptors (Lipinski definition) is 2. The fourth-order valence-corrected chi connectivity index (χ4v) is 1.91. The Kier molecular flexibility index (Phi) is 7.38. The summed E-state index contributed by atoms with van der Waals surface area (Å²) in [7, 11) is 0. The van der Waals surface area contributed by atoms with Crippen LogP contribution in [0.2, 0.25) is 0 Å². The van der Waals surface area contributed by atoms with Crippen LogP contribution in [0.1, 0.15) is 11.1 Å². The predicted octanol–water partition coefficient (Wildman–Crippen LogP) is 2.57. The van der Waals surface area contributed by atoms with Crippen LogP contribution in [-0.4, -0.2) is 13.1 Å². The molecule has 0 bridgehead atoms. The summed E-state index contributed by atoms with van der Waals surface area (Å²) in [5.41, 5.74) is 2.53. The molecular formula is C20H20N2. The van der Waals surface area contributed by atoms with Crippen molar-refractivity contribution in [3.05, 3.63) is 71.8 Å². The molecule has 2 N–H and O–H groups in total. The van der Waals surface area contributed by atoms with E-state index in [4.69, 9.17) is 0 Å². The largest absolute Gasteiger partial charge is 0.302 e. The highest BCUT2D eigenvalue weighted by Crippen LogP contribution is 1.97. The molecule has 0 aliphatic rings. The SMILES string of the molecule is C(C#CCNCc1ccccc1)#CCNCc1ccccc1. The minimum atomic E-state index is 0.654. The van der Waals surface area contributed by atoms with Gasteiger partial charge in [0.1, 0.15) is 0 Å². The fraction of sp³-hybridized carbons (Fsp3) is 0.200. The smallest absolute Gasteiger partial charge is 0.0589 e. The van der Waals surface area contributed by atoms with E-state index in [1.165, 1.54) is 11.1 Å². The third-order valence-electron chi connectivity index (χ3n) is 3.01. The van der Waals surface area contributed by atoms with Crippen LogP contribution in [0.4, 0.5) is 0 Å². The third-order valence-corrected chi connectivity index (χ3v) is 3.01. The highest BCUT2D eigenvalue weighted by molar-refractivity contribution is 5.27. The quantitative estimate of drug-likeness (QED) is 0.630. The normalized spacial score (nSPS) is 9.27. The molecule has 0 saturated carbocycles. The fourth-order valence-electron chi connectivity index (χ4n) is 1.91. The van der Waals surface area contributed by atoms with Gasteiger partial charge in [-0.15, -0.1) is 0 Å². The molecule has 110 valence electrons. The molecule has 2 nitrogen and oxygen atoms in total. The molecule has 2 aromatic carbocycles. The van der Waals surface area contributed by atoms with E-state index in [9.17, 15) is 0 Å². The summed E-state index contributed by atoms with van der Waals surface area (Å²) >= 11 is 0. The van der Waals surface area contributed by atoms with E-state index < -0.39 is 0 Å². The molecule has 0 aliphatic heterocycles. The monoisotopic (exact) mass is 288 g/mol. The Balaban J connectivity index is 1.55. The van der Waals surface area contributed by atoms with E-state index in [1.807, 2.05) is 36.4 Å². The van der Waals surface area contributed by atoms with Crippen molar-refractivity contribution >= 4 is 0 Å². The first-order valence-corrected chi connectivity index (χ1v) is 7.40. The number of hydrogen-bond donors (Lipinski definition) is 2. The van der Waals surface area contributed by atoms with Crippen molar-refractivity contribution in [1.29, 1.82) is 0 Å². The zero-order valence-electron chi connectivity index (χ0n) is 12.6. The molecule has 22 heavy (non-hydrogen) atoms. The zero-order valence-corrected chi connectivity index (χ0v) is 12.6. The van der Waals surface area contributed by atoms with Crippen molar-refractivity contribution in [1.82, 2.24) is 10.6 Å². The maximum Gasteiger partial charge on any atom is 0.0589 e. The lowest BCUT2D eigenvalue weighted by Gasteiger charge is -1.99. The van der Waals surface area contributed by atoms with Gasteiger partial charge in [-0.3, -0.25) is 0 Å². The highest BCUT2D eigenvalue weighted by Gasteiger charge is 1.88. The molecule has 0 atom stereocenters. The van der Waals surface area contributed by atoms with Crippen LogP contribution in [0.15, 0.2) is 60.7 Å². The van der Waals surface area contributed by atoms with Crippen LogP contribution in [0, 0.1) is 23.7 Å². The van der Waals surface area contributed by atoms with Crippen molar-refractivity contribution < 1.29 is 0 Å². The van der Waals surface area contributed by atoms with Gasteiger partial charge < -0.3 is 10.6 Å². The van der Waals surface area contributed by atoms with Crippen LogP contribution in [0.5, 0.6) is 0 Å². The summed E-state index contributed by atoms with van der Waals surface area (Å²) in [5.74, 6) is 11.7. The van der Waals surface area contributed by atoms with E-state index in [1.54, 1.807) is 0 Å². The van der Waals surface area contributed by atoms with Gasteiger partial charge in [-0.1, -0.05) is 72.5 Å². The van der Waals surface area contributed by atoms with Crippen LogP contribution >= 0.6 is 0 Å². The van der Waals surface area contributed by atoms with Crippen molar-refractivity contribution in [2.24, 2.45) is 0 Å². The average molecular weight is 288 g/mol. The van der Waals surface area contributed by atoms with Crippen LogP contribution in [-0.2, 0) is 13.1 Å². The molecule has 0 fully saturated rings. The Hall–Kier alpha value is -2.52. The van der Waals surface area contributed by atoms with E-state index in [2.05, 4.69) is 58.6 Å². The highest BCUT2D eigenvalue weighted by atomic mass is 14.8.